The van der Waals surface area contributed by atoms with Gasteiger partial charge < -0.3 is 23.7 Å². The summed E-state index contributed by atoms with van der Waals surface area (Å²) in [4.78, 5) is 26.3. The Kier molecular flexibility index (Phi) is 8.47. The number of ether oxygens (including phenoxy) is 5. The number of cyclic esters (lactones) is 1. The van der Waals surface area contributed by atoms with Gasteiger partial charge in [-0.1, -0.05) is 27.7 Å². The van der Waals surface area contributed by atoms with Crippen LogP contribution in [0, 0.1) is 29.6 Å². The summed E-state index contributed by atoms with van der Waals surface area (Å²) >= 11 is 0. The van der Waals surface area contributed by atoms with Crippen molar-refractivity contribution < 1.29 is 33.3 Å². The van der Waals surface area contributed by atoms with Crippen LogP contribution in [0.4, 0.5) is 0 Å². The van der Waals surface area contributed by atoms with E-state index in [1.54, 1.807) is 21.3 Å². The lowest BCUT2D eigenvalue weighted by molar-refractivity contribution is -0.168. The van der Waals surface area contributed by atoms with Crippen LogP contribution in [0.25, 0.3) is 0 Å². The van der Waals surface area contributed by atoms with Crippen LogP contribution < -0.4 is 0 Å². The molecule has 7 heteroatoms. The Morgan fingerprint density at radius 1 is 0.800 bits per heavy atom. The van der Waals surface area contributed by atoms with E-state index < -0.39 is 17.6 Å². The number of ketones is 1. The molecule has 7 nitrogen and oxygen atoms in total. The minimum absolute atomic E-state index is 0.0322. The average molecular weight is 429 g/mol. The molecule has 2 rings (SSSR count). The molecule has 0 saturated carbocycles. The molecule has 174 valence electrons. The van der Waals surface area contributed by atoms with Crippen molar-refractivity contribution in [2.24, 2.45) is 29.6 Å². The van der Waals surface area contributed by atoms with Gasteiger partial charge in [-0.3, -0.25) is 9.59 Å². The fourth-order valence-electron chi connectivity index (χ4n) is 5.35. The molecule has 0 amide bonds. The molecule has 0 aromatic heterocycles. The van der Waals surface area contributed by atoms with Gasteiger partial charge in [0.15, 0.2) is 11.4 Å². The summed E-state index contributed by atoms with van der Waals surface area (Å²) in [5, 5.41) is 0. The fourth-order valence-corrected chi connectivity index (χ4v) is 5.35. The third-order valence-corrected chi connectivity index (χ3v) is 7.34. The van der Waals surface area contributed by atoms with Gasteiger partial charge in [-0.05, 0) is 26.2 Å². The van der Waals surface area contributed by atoms with Gasteiger partial charge in [0, 0.05) is 39.1 Å². The average Bonchev–Trinajstić information content (AvgIpc) is 3.48. The van der Waals surface area contributed by atoms with E-state index in [2.05, 4.69) is 6.92 Å². The van der Waals surface area contributed by atoms with E-state index in [-0.39, 0.29) is 53.7 Å². The number of hydrogen-bond acceptors (Lipinski definition) is 7. The second kappa shape index (κ2) is 10.1. The second-order valence-electron chi connectivity index (χ2n) is 9.37. The number of methoxy groups -OCH3 is 3. The van der Waals surface area contributed by atoms with Gasteiger partial charge in [-0.25, -0.2) is 0 Å². The lowest BCUT2D eigenvalue weighted by Crippen LogP contribution is -2.48. The number of carbonyl (C=O) groups excluding carboxylic acids is 2. The smallest absolute Gasteiger partial charge is 0.311 e. The van der Waals surface area contributed by atoms with Gasteiger partial charge in [0.25, 0.3) is 0 Å². The van der Waals surface area contributed by atoms with E-state index >= 15 is 0 Å². The van der Waals surface area contributed by atoms with Gasteiger partial charge >= 0.3 is 5.97 Å². The van der Waals surface area contributed by atoms with E-state index in [4.69, 9.17) is 23.7 Å². The van der Waals surface area contributed by atoms with Crippen LogP contribution in [0.5, 0.6) is 0 Å². The van der Waals surface area contributed by atoms with Crippen molar-refractivity contribution >= 4 is 11.8 Å². The topological polar surface area (TPSA) is 83.6 Å². The standard InChI is InChI=1S/C23H40O7/c1-12-10-23(11-29-23)21(24)15(4)19(27-8)13(2)17(6)30-22(25)16(5)20(28-9)14(3)18(12)26-7/h12-20H,10-11H2,1-9H3/t12-,13-,14+,15+,16+,17+,18-,19-,20-,23+/m0/s1. The number of epoxide rings is 1. The summed E-state index contributed by atoms with van der Waals surface area (Å²) in [7, 11) is 4.86. The van der Waals surface area contributed by atoms with Crippen molar-refractivity contribution in [2.75, 3.05) is 27.9 Å². The van der Waals surface area contributed by atoms with E-state index in [1.807, 2.05) is 34.6 Å². The van der Waals surface area contributed by atoms with Crippen molar-refractivity contribution in [1.82, 2.24) is 0 Å². The Morgan fingerprint density at radius 2 is 1.30 bits per heavy atom. The Hall–Kier alpha value is -1.02. The molecule has 1 spiro atoms. The normalized spacial score (nSPS) is 46.4. The van der Waals surface area contributed by atoms with Crippen molar-refractivity contribution in [2.45, 2.75) is 78.0 Å². The quantitative estimate of drug-likeness (QED) is 0.505. The van der Waals surface area contributed by atoms with Gasteiger partial charge in [-0.15, -0.1) is 0 Å². The van der Waals surface area contributed by atoms with Crippen LogP contribution in [-0.4, -0.2) is 69.7 Å². The molecule has 0 N–H and O–H groups in total. The molecule has 0 aromatic carbocycles. The second-order valence-corrected chi connectivity index (χ2v) is 9.37. The molecular weight excluding hydrogens is 388 g/mol. The van der Waals surface area contributed by atoms with Crippen molar-refractivity contribution in [1.29, 1.82) is 0 Å². The molecule has 0 unspecified atom stereocenters. The number of carbonyl (C=O) groups is 2. The highest BCUT2D eigenvalue weighted by Crippen LogP contribution is 2.42. The van der Waals surface area contributed by atoms with Crippen molar-refractivity contribution in [3.8, 4) is 0 Å². The van der Waals surface area contributed by atoms with Gasteiger partial charge in [0.05, 0.1) is 30.8 Å². The first-order valence-electron chi connectivity index (χ1n) is 11.0. The maximum atomic E-state index is 13.4. The molecule has 0 aliphatic carbocycles. The van der Waals surface area contributed by atoms with Crippen LogP contribution in [0.2, 0.25) is 0 Å². The number of hydrogen-bond donors (Lipinski definition) is 0. The minimum atomic E-state index is -0.788. The summed E-state index contributed by atoms with van der Waals surface area (Å²) in [6.45, 7) is 12.0. The number of Topliss-reactive ketones (excluding diaryl/α,β-unsaturated/α-hetero) is 1. The Morgan fingerprint density at radius 3 is 1.77 bits per heavy atom. The van der Waals surface area contributed by atoms with E-state index in [1.165, 1.54) is 0 Å². The highest BCUT2D eigenvalue weighted by atomic mass is 16.6. The molecule has 2 aliphatic rings. The van der Waals surface area contributed by atoms with Crippen LogP contribution >= 0.6 is 0 Å². The predicted molar refractivity (Wildman–Crippen MR) is 112 cm³/mol. The summed E-state index contributed by atoms with van der Waals surface area (Å²) < 4.78 is 28.8. The molecule has 0 bridgehead atoms. The van der Waals surface area contributed by atoms with Crippen LogP contribution in [0.1, 0.15) is 48.0 Å². The fraction of sp³-hybridized carbons (Fsp3) is 0.913. The Balaban J connectivity index is 2.44. The Labute approximate surface area is 181 Å². The minimum Gasteiger partial charge on any atom is -0.462 e. The van der Waals surface area contributed by atoms with Gasteiger partial charge in [0.1, 0.15) is 6.10 Å². The number of rotatable bonds is 3. The highest BCUT2D eigenvalue weighted by molar-refractivity contribution is 5.92. The summed E-state index contributed by atoms with van der Waals surface area (Å²) in [6.07, 6.45) is -0.810. The summed E-state index contributed by atoms with van der Waals surface area (Å²) in [5.74, 6) is -1.32. The molecule has 0 aromatic rings. The Bertz CT molecular complexity index is 602. The monoisotopic (exact) mass is 428 g/mol. The molecule has 10 atom stereocenters. The zero-order chi connectivity index (χ0) is 22.8. The van der Waals surface area contributed by atoms with E-state index in [0.29, 0.717) is 13.0 Å². The van der Waals surface area contributed by atoms with Gasteiger partial charge in [-0.2, -0.15) is 0 Å². The lowest BCUT2D eigenvalue weighted by atomic mass is 9.76. The first kappa shape index (κ1) is 25.2. The van der Waals surface area contributed by atoms with Crippen LogP contribution in [-0.2, 0) is 33.3 Å². The third-order valence-electron chi connectivity index (χ3n) is 7.34. The first-order chi connectivity index (χ1) is 14.0. The summed E-state index contributed by atoms with van der Waals surface area (Å²) in [5.41, 5.74) is -0.788. The van der Waals surface area contributed by atoms with E-state index in [0.717, 1.165) is 0 Å². The number of esters is 1. The first-order valence-corrected chi connectivity index (χ1v) is 11.0. The van der Waals surface area contributed by atoms with E-state index in [9.17, 15) is 9.59 Å². The highest BCUT2D eigenvalue weighted by Gasteiger charge is 2.56. The summed E-state index contributed by atoms with van der Waals surface area (Å²) in [6, 6.07) is 0. The zero-order valence-corrected chi connectivity index (χ0v) is 20.0. The largest absolute Gasteiger partial charge is 0.462 e. The molecule has 2 saturated heterocycles. The lowest BCUT2D eigenvalue weighted by Gasteiger charge is -2.38. The molecule has 0 radical (unpaired) electrons. The van der Waals surface area contributed by atoms with Crippen LogP contribution in [0.15, 0.2) is 0 Å². The van der Waals surface area contributed by atoms with Crippen LogP contribution in [0.3, 0.4) is 0 Å². The molecule has 30 heavy (non-hydrogen) atoms. The van der Waals surface area contributed by atoms with Crippen molar-refractivity contribution in [3.05, 3.63) is 0 Å². The molecular formula is C23H40O7. The van der Waals surface area contributed by atoms with Gasteiger partial charge in [0.2, 0.25) is 0 Å². The maximum absolute atomic E-state index is 13.4. The molecule has 2 heterocycles. The van der Waals surface area contributed by atoms with Crippen molar-refractivity contribution in [3.63, 3.8) is 0 Å². The third kappa shape index (κ3) is 4.90. The molecule has 2 fully saturated rings. The SMILES string of the molecule is CO[C@@H]1[C@@H](C)[C@H](OC)[C@@H](C)C(=O)O[C@H](C)[C@H](C)[C@H](OC)[C@@H](C)C(=O)[C@]2(CO2)C[C@@H]1C. The maximum Gasteiger partial charge on any atom is 0.311 e. The molecule has 2 aliphatic heterocycles. The zero-order valence-electron chi connectivity index (χ0n) is 20.0. The predicted octanol–water partition coefficient (Wildman–Crippen LogP) is 2.89.